The second kappa shape index (κ2) is 11.0. The molecule has 4 rings (SSSR count). The molecule has 1 aromatic heterocycles. The lowest BCUT2D eigenvalue weighted by Gasteiger charge is -2.10. The van der Waals surface area contributed by atoms with E-state index in [9.17, 15) is 13.2 Å². The summed E-state index contributed by atoms with van der Waals surface area (Å²) in [4.78, 5) is 12.6. The molecule has 0 aliphatic carbocycles. The maximum Gasteiger partial charge on any atom is 0.308 e. The fraction of sp³-hybridized carbons (Fsp3) is 0.269. The van der Waals surface area contributed by atoms with Gasteiger partial charge in [-0.25, -0.2) is 13.1 Å². The first kappa shape index (κ1) is 25.4. The summed E-state index contributed by atoms with van der Waals surface area (Å²) in [6.07, 6.45) is 1.53. The maximum atomic E-state index is 12.8. The second-order valence-electron chi connectivity index (χ2n) is 8.49. The fourth-order valence-corrected chi connectivity index (χ4v) is 6.05. The Morgan fingerprint density at radius 3 is 2.51 bits per heavy atom. The first-order valence-electron chi connectivity index (χ1n) is 11.3. The lowest BCUT2D eigenvalue weighted by Crippen LogP contribution is -2.25. The van der Waals surface area contributed by atoms with Gasteiger partial charge in [0.05, 0.1) is 27.8 Å². The van der Waals surface area contributed by atoms with Crippen molar-refractivity contribution in [3.63, 3.8) is 0 Å². The molecule has 9 heteroatoms. The molecule has 0 bridgehead atoms. The highest BCUT2D eigenvalue weighted by Gasteiger charge is 2.17. The van der Waals surface area contributed by atoms with Crippen LogP contribution in [-0.4, -0.2) is 25.6 Å². The van der Waals surface area contributed by atoms with Gasteiger partial charge in [0, 0.05) is 11.6 Å². The van der Waals surface area contributed by atoms with Crippen molar-refractivity contribution in [1.82, 2.24) is 9.29 Å². The predicted octanol–water partition coefficient (Wildman–Crippen LogP) is 5.46. The number of fused-ring (bicyclic) bond motifs is 1. The second-order valence-corrected chi connectivity index (χ2v) is 11.7. The van der Waals surface area contributed by atoms with Gasteiger partial charge in [-0.2, -0.15) is 0 Å². The normalized spacial score (nSPS) is 11.9. The number of aryl methyl sites for hydroxylation is 1. The number of halogens is 1. The van der Waals surface area contributed by atoms with Crippen molar-refractivity contribution in [3.05, 3.63) is 92.5 Å². The molecule has 0 saturated carbocycles. The number of ether oxygens (including phenoxy) is 1. The standard InChI is InChI=1S/C26H27ClN2O4S2/c1-18(2)33-21-11-9-19(10-12-21)6-5-15-28-35(31,32)22-13-14-24-25(16-22)34-26(30)29(24)17-20-7-3-4-8-23(20)27/h3-4,7-14,16,18,28H,5-6,15,17H2,1-2H3. The van der Waals surface area contributed by atoms with Crippen LogP contribution in [0, 0.1) is 0 Å². The number of thiazole rings is 1. The molecule has 0 unspecified atom stereocenters. The Bertz CT molecular complexity index is 1480. The van der Waals surface area contributed by atoms with Crippen molar-refractivity contribution < 1.29 is 13.2 Å². The summed E-state index contributed by atoms with van der Waals surface area (Å²) >= 11 is 7.28. The average Bonchev–Trinajstić information content (AvgIpc) is 3.13. The van der Waals surface area contributed by atoms with Crippen molar-refractivity contribution in [3.8, 4) is 5.75 Å². The van der Waals surface area contributed by atoms with Gasteiger partial charge in [-0.3, -0.25) is 9.36 Å². The number of aromatic nitrogens is 1. The van der Waals surface area contributed by atoms with Crippen LogP contribution in [0.4, 0.5) is 0 Å². The zero-order valence-corrected chi connectivity index (χ0v) is 21.9. The minimum absolute atomic E-state index is 0.122. The van der Waals surface area contributed by atoms with Gasteiger partial charge < -0.3 is 4.74 Å². The average molecular weight is 531 g/mol. The molecule has 3 aromatic carbocycles. The molecule has 35 heavy (non-hydrogen) atoms. The highest BCUT2D eigenvalue weighted by atomic mass is 35.5. The summed E-state index contributed by atoms with van der Waals surface area (Å²) in [5, 5.41) is 0.585. The largest absolute Gasteiger partial charge is 0.491 e. The fourth-order valence-electron chi connectivity index (χ4n) is 3.75. The third-order valence-electron chi connectivity index (χ3n) is 5.47. The lowest BCUT2D eigenvalue weighted by atomic mass is 10.1. The van der Waals surface area contributed by atoms with Crippen molar-refractivity contribution in [2.45, 2.75) is 44.2 Å². The predicted molar refractivity (Wildman–Crippen MR) is 142 cm³/mol. The van der Waals surface area contributed by atoms with Crippen LogP contribution in [0.5, 0.6) is 5.75 Å². The van der Waals surface area contributed by atoms with E-state index in [0.29, 0.717) is 34.7 Å². The number of rotatable bonds is 10. The van der Waals surface area contributed by atoms with Crippen molar-refractivity contribution in [2.24, 2.45) is 0 Å². The van der Waals surface area contributed by atoms with E-state index in [1.54, 1.807) is 22.8 Å². The minimum Gasteiger partial charge on any atom is -0.491 e. The SMILES string of the molecule is CC(C)Oc1ccc(CCCNS(=O)(=O)c2ccc3c(c2)sc(=O)n3Cc2ccccc2Cl)cc1. The summed E-state index contributed by atoms with van der Waals surface area (Å²) in [5.41, 5.74) is 2.63. The number of nitrogens with zero attached hydrogens (tertiary/aromatic N) is 1. The van der Waals surface area contributed by atoms with E-state index in [-0.39, 0.29) is 15.9 Å². The number of hydrogen-bond donors (Lipinski definition) is 1. The third kappa shape index (κ3) is 6.32. The molecule has 6 nitrogen and oxygen atoms in total. The van der Waals surface area contributed by atoms with E-state index in [1.807, 2.05) is 56.3 Å². The van der Waals surface area contributed by atoms with E-state index < -0.39 is 10.0 Å². The van der Waals surface area contributed by atoms with E-state index in [1.165, 1.54) is 6.07 Å². The Morgan fingerprint density at radius 2 is 1.80 bits per heavy atom. The Balaban J connectivity index is 1.40. The molecule has 0 atom stereocenters. The first-order chi connectivity index (χ1) is 16.7. The maximum absolute atomic E-state index is 12.8. The number of benzene rings is 3. The zero-order valence-electron chi connectivity index (χ0n) is 19.5. The molecule has 0 spiro atoms. The van der Waals surface area contributed by atoms with Gasteiger partial charge >= 0.3 is 4.87 Å². The van der Waals surface area contributed by atoms with Gasteiger partial charge in [-0.1, -0.05) is 53.3 Å². The Kier molecular flexibility index (Phi) is 7.96. The van der Waals surface area contributed by atoms with Crippen molar-refractivity contribution in [1.29, 1.82) is 0 Å². The molecular formula is C26H27ClN2O4S2. The van der Waals surface area contributed by atoms with Crippen LogP contribution >= 0.6 is 22.9 Å². The summed E-state index contributed by atoms with van der Waals surface area (Å²) < 4.78 is 36.2. The van der Waals surface area contributed by atoms with Crippen LogP contribution in [0.3, 0.4) is 0 Å². The highest BCUT2D eigenvalue weighted by molar-refractivity contribution is 7.89. The van der Waals surface area contributed by atoms with Gasteiger partial charge in [0.15, 0.2) is 0 Å². The minimum atomic E-state index is -3.69. The molecule has 1 N–H and O–H groups in total. The molecule has 184 valence electrons. The van der Waals surface area contributed by atoms with Gasteiger partial charge in [0.25, 0.3) is 0 Å². The third-order valence-corrected chi connectivity index (χ3v) is 8.24. The number of sulfonamides is 1. The molecule has 1 heterocycles. The van der Waals surface area contributed by atoms with Crippen LogP contribution in [0.15, 0.2) is 76.4 Å². The van der Waals surface area contributed by atoms with Crippen LogP contribution < -0.4 is 14.3 Å². The van der Waals surface area contributed by atoms with E-state index >= 15 is 0 Å². The molecule has 0 fully saturated rings. The number of nitrogens with one attached hydrogen (secondary N) is 1. The van der Waals surface area contributed by atoms with Gasteiger partial charge in [-0.05, 0) is 74.2 Å². The molecule has 0 saturated heterocycles. The molecule has 0 amide bonds. The van der Waals surface area contributed by atoms with E-state index in [2.05, 4.69) is 4.72 Å². The Labute approximate surface area is 214 Å². The molecule has 4 aromatic rings. The smallest absolute Gasteiger partial charge is 0.308 e. The van der Waals surface area contributed by atoms with Gasteiger partial charge in [0.2, 0.25) is 10.0 Å². The summed E-state index contributed by atoms with van der Waals surface area (Å²) in [6, 6.07) is 20.0. The van der Waals surface area contributed by atoms with Crippen LogP contribution in [0.25, 0.3) is 10.2 Å². The van der Waals surface area contributed by atoms with Crippen molar-refractivity contribution >= 4 is 43.2 Å². The van der Waals surface area contributed by atoms with Crippen molar-refractivity contribution in [2.75, 3.05) is 6.54 Å². The Hall–Kier alpha value is -2.65. The van der Waals surface area contributed by atoms with E-state index in [4.69, 9.17) is 16.3 Å². The summed E-state index contributed by atoms with van der Waals surface area (Å²) in [5.74, 6) is 0.822. The highest BCUT2D eigenvalue weighted by Crippen LogP contribution is 2.24. The van der Waals surface area contributed by atoms with Crippen LogP contribution in [0.1, 0.15) is 31.4 Å². The summed E-state index contributed by atoms with van der Waals surface area (Å²) in [6.45, 7) is 4.60. The number of hydrogen-bond acceptors (Lipinski definition) is 5. The molecular weight excluding hydrogens is 504 g/mol. The topological polar surface area (TPSA) is 77.4 Å². The van der Waals surface area contributed by atoms with Crippen LogP contribution in [-0.2, 0) is 23.0 Å². The molecule has 0 aliphatic heterocycles. The van der Waals surface area contributed by atoms with Crippen LogP contribution in [0.2, 0.25) is 5.02 Å². The van der Waals surface area contributed by atoms with E-state index in [0.717, 1.165) is 34.6 Å². The zero-order chi connectivity index (χ0) is 25.0. The van der Waals surface area contributed by atoms with Gasteiger partial charge in [-0.15, -0.1) is 0 Å². The summed E-state index contributed by atoms with van der Waals surface area (Å²) in [7, 11) is -3.69. The quantitative estimate of drug-likeness (QED) is 0.276. The Morgan fingerprint density at radius 1 is 1.06 bits per heavy atom. The monoisotopic (exact) mass is 530 g/mol. The first-order valence-corrected chi connectivity index (χ1v) is 14.0. The van der Waals surface area contributed by atoms with Gasteiger partial charge in [0.1, 0.15) is 5.75 Å². The molecule has 0 aliphatic rings. The molecule has 0 radical (unpaired) electrons. The lowest BCUT2D eigenvalue weighted by molar-refractivity contribution is 0.242.